The number of nitrogens with zero attached hydrogens (tertiary/aromatic N) is 3. The standard InChI is InChI=1S/C27H31F2N3O3S/c1-18-5-7-22(28)26(14-18)36-13-12-31-10-11-32(25(17-31)27(33)34)9-3-4-20-21-15-19(35-2)6-8-24(21)30-16-23(20)29/h5-8,14-16,25H,3-4,9-13,17H2,1-2H3,(H,33,34)/t25-/m1/s1. The van der Waals surface area contributed by atoms with Crippen molar-refractivity contribution in [2.75, 3.05) is 45.6 Å². The minimum Gasteiger partial charge on any atom is -0.497 e. The number of halogens is 2. The Balaban J connectivity index is 1.32. The van der Waals surface area contributed by atoms with Crippen LogP contribution in [0.25, 0.3) is 10.9 Å². The Labute approximate surface area is 214 Å². The minimum absolute atomic E-state index is 0.226. The van der Waals surface area contributed by atoms with E-state index < -0.39 is 12.0 Å². The summed E-state index contributed by atoms with van der Waals surface area (Å²) in [5, 5.41) is 10.6. The Morgan fingerprint density at radius 3 is 2.78 bits per heavy atom. The molecule has 1 aliphatic rings. The van der Waals surface area contributed by atoms with E-state index in [2.05, 4.69) is 9.88 Å². The van der Waals surface area contributed by atoms with E-state index in [9.17, 15) is 18.7 Å². The van der Waals surface area contributed by atoms with Gasteiger partial charge in [0.05, 0.1) is 18.8 Å². The first-order valence-corrected chi connectivity index (χ1v) is 13.0. The van der Waals surface area contributed by atoms with Gasteiger partial charge in [-0.1, -0.05) is 6.07 Å². The third kappa shape index (κ3) is 6.32. The summed E-state index contributed by atoms with van der Waals surface area (Å²) < 4.78 is 33.9. The van der Waals surface area contributed by atoms with E-state index in [1.807, 2.05) is 24.0 Å². The van der Waals surface area contributed by atoms with Gasteiger partial charge in [-0.2, -0.15) is 0 Å². The number of rotatable bonds is 10. The molecule has 192 valence electrons. The fourth-order valence-corrected chi connectivity index (χ4v) is 5.67. The van der Waals surface area contributed by atoms with E-state index in [4.69, 9.17) is 4.74 Å². The molecule has 0 spiro atoms. The highest BCUT2D eigenvalue weighted by Crippen LogP contribution is 2.26. The van der Waals surface area contributed by atoms with Crippen LogP contribution in [0.3, 0.4) is 0 Å². The second-order valence-corrected chi connectivity index (χ2v) is 10.2. The fraction of sp³-hybridized carbons (Fsp3) is 0.407. The zero-order chi connectivity index (χ0) is 25.7. The molecular weight excluding hydrogens is 484 g/mol. The number of carboxylic acids is 1. The Morgan fingerprint density at radius 2 is 2.00 bits per heavy atom. The molecule has 4 rings (SSSR count). The van der Waals surface area contributed by atoms with Gasteiger partial charge in [0, 0.05) is 42.2 Å². The van der Waals surface area contributed by atoms with Gasteiger partial charge in [0.2, 0.25) is 0 Å². The van der Waals surface area contributed by atoms with Crippen LogP contribution < -0.4 is 4.74 Å². The predicted octanol–water partition coefficient (Wildman–Crippen LogP) is 4.63. The molecule has 36 heavy (non-hydrogen) atoms. The van der Waals surface area contributed by atoms with Crippen LogP contribution in [0.2, 0.25) is 0 Å². The largest absolute Gasteiger partial charge is 0.497 e. The Bertz CT molecular complexity index is 1230. The number of carbonyl (C=O) groups is 1. The van der Waals surface area contributed by atoms with Crippen LogP contribution in [-0.2, 0) is 11.2 Å². The molecule has 1 aromatic heterocycles. The Morgan fingerprint density at radius 1 is 1.17 bits per heavy atom. The van der Waals surface area contributed by atoms with Gasteiger partial charge in [0.15, 0.2) is 0 Å². The molecule has 1 aliphatic heterocycles. The lowest BCUT2D eigenvalue weighted by Gasteiger charge is -2.39. The molecule has 2 heterocycles. The van der Waals surface area contributed by atoms with Crippen molar-refractivity contribution in [3.63, 3.8) is 0 Å². The van der Waals surface area contributed by atoms with Crippen LogP contribution in [0, 0.1) is 18.6 Å². The molecule has 0 bridgehead atoms. The highest BCUT2D eigenvalue weighted by molar-refractivity contribution is 7.99. The molecule has 0 saturated carbocycles. The van der Waals surface area contributed by atoms with Crippen LogP contribution in [0.5, 0.6) is 5.75 Å². The first kappa shape index (κ1) is 26.3. The molecule has 6 nitrogen and oxygen atoms in total. The van der Waals surface area contributed by atoms with Crippen LogP contribution >= 0.6 is 11.8 Å². The number of benzene rings is 2. The first-order chi connectivity index (χ1) is 17.4. The molecule has 0 aliphatic carbocycles. The van der Waals surface area contributed by atoms with Crippen LogP contribution in [0.15, 0.2) is 47.5 Å². The lowest BCUT2D eigenvalue weighted by Crippen LogP contribution is -2.56. The van der Waals surface area contributed by atoms with Crippen molar-refractivity contribution in [3.05, 3.63) is 65.4 Å². The number of thioether (sulfide) groups is 1. The fourth-order valence-electron chi connectivity index (χ4n) is 4.63. The molecule has 1 fully saturated rings. The average molecular weight is 516 g/mol. The van der Waals surface area contributed by atoms with E-state index in [1.54, 1.807) is 25.3 Å². The number of methoxy groups -OCH3 is 1. The van der Waals surface area contributed by atoms with Gasteiger partial charge in [-0.05, 0) is 67.8 Å². The maximum atomic E-state index is 14.6. The maximum Gasteiger partial charge on any atom is 0.322 e. The lowest BCUT2D eigenvalue weighted by molar-refractivity contribution is -0.145. The topological polar surface area (TPSA) is 65.9 Å². The first-order valence-electron chi connectivity index (χ1n) is 12.0. The van der Waals surface area contributed by atoms with Gasteiger partial charge in [-0.3, -0.25) is 19.6 Å². The number of pyridine rings is 1. The smallest absolute Gasteiger partial charge is 0.322 e. The molecule has 1 saturated heterocycles. The van der Waals surface area contributed by atoms with Gasteiger partial charge in [0.1, 0.15) is 23.4 Å². The number of aliphatic carboxylic acids is 1. The zero-order valence-corrected chi connectivity index (χ0v) is 21.4. The van der Waals surface area contributed by atoms with Crippen molar-refractivity contribution in [1.29, 1.82) is 0 Å². The summed E-state index contributed by atoms with van der Waals surface area (Å²) in [6.45, 7) is 4.95. The van der Waals surface area contributed by atoms with Crippen molar-refractivity contribution in [1.82, 2.24) is 14.8 Å². The monoisotopic (exact) mass is 515 g/mol. The summed E-state index contributed by atoms with van der Waals surface area (Å²) in [6.07, 6.45) is 2.34. The summed E-state index contributed by atoms with van der Waals surface area (Å²) in [5.41, 5.74) is 2.29. The third-order valence-electron chi connectivity index (χ3n) is 6.62. The SMILES string of the molecule is COc1ccc2ncc(F)c(CCCN3CCN(CCSc4cc(C)ccc4F)C[C@@H]3C(=O)O)c2c1. The molecule has 3 aromatic rings. The Kier molecular flexibility index (Phi) is 8.77. The van der Waals surface area contributed by atoms with Crippen LogP contribution in [0.4, 0.5) is 8.78 Å². The van der Waals surface area contributed by atoms with Gasteiger partial charge < -0.3 is 9.84 Å². The van der Waals surface area contributed by atoms with Crippen molar-refractivity contribution in [2.24, 2.45) is 0 Å². The van der Waals surface area contributed by atoms with Gasteiger partial charge in [0.25, 0.3) is 0 Å². The van der Waals surface area contributed by atoms with E-state index >= 15 is 0 Å². The summed E-state index contributed by atoms with van der Waals surface area (Å²) in [6, 6.07) is 9.83. The molecule has 9 heteroatoms. The quantitative estimate of drug-likeness (QED) is 0.395. The van der Waals surface area contributed by atoms with E-state index in [0.717, 1.165) is 17.5 Å². The van der Waals surface area contributed by atoms with Gasteiger partial charge in [-0.15, -0.1) is 11.8 Å². The maximum absolute atomic E-state index is 14.6. The summed E-state index contributed by atoms with van der Waals surface area (Å²) in [7, 11) is 1.57. The van der Waals surface area contributed by atoms with Gasteiger partial charge >= 0.3 is 5.97 Å². The second-order valence-electron chi connectivity index (χ2n) is 9.04. The third-order valence-corrected chi connectivity index (χ3v) is 7.63. The Hall–Kier alpha value is -2.75. The molecular formula is C27H31F2N3O3S. The van der Waals surface area contributed by atoms with E-state index in [0.29, 0.717) is 66.5 Å². The highest BCUT2D eigenvalue weighted by atomic mass is 32.2. The van der Waals surface area contributed by atoms with Gasteiger partial charge in [-0.25, -0.2) is 8.78 Å². The normalized spacial score (nSPS) is 16.9. The number of carboxylic acid groups (broad SMARTS) is 1. The summed E-state index contributed by atoms with van der Waals surface area (Å²) >= 11 is 1.45. The van der Waals surface area contributed by atoms with Crippen molar-refractivity contribution in [2.45, 2.75) is 30.7 Å². The molecule has 0 radical (unpaired) electrons. The number of aryl methyl sites for hydroxylation is 2. The van der Waals surface area contributed by atoms with Crippen molar-refractivity contribution < 1.29 is 23.4 Å². The summed E-state index contributed by atoms with van der Waals surface area (Å²) in [5.74, 6) is -0.123. The second kappa shape index (κ2) is 12.0. The van der Waals surface area contributed by atoms with Crippen molar-refractivity contribution in [3.8, 4) is 5.75 Å². The number of aromatic nitrogens is 1. The lowest BCUT2D eigenvalue weighted by atomic mass is 10.0. The predicted molar refractivity (Wildman–Crippen MR) is 138 cm³/mol. The van der Waals surface area contributed by atoms with E-state index in [1.165, 1.54) is 24.0 Å². The summed E-state index contributed by atoms with van der Waals surface area (Å²) in [4.78, 5) is 20.9. The number of hydrogen-bond donors (Lipinski definition) is 1. The van der Waals surface area contributed by atoms with Crippen molar-refractivity contribution >= 4 is 28.6 Å². The van der Waals surface area contributed by atoms with Crippen LogP contribution in [0.1, 0.15) is 17.5 Å². The molecule has 2 aromatic carbocycles. The average Bonchev–Trinajstić information content (AvgIpc) is 2.87. The number of piperazine rings is 1. The van der Waals surface area contributed by atoms with Crippen LogP contribution in [-0.4, -0.2) is 77.5 Å². The zero-order valence-electron chi connectivity index (χ0n) is 20.5. The van der Waals surface area contributed by atoms with E-state index in [-0.39, 0.29) is 11.6 Å². The minimum atomic E-state index is -0.859. The molecule has 0 amide bonds. The molecule has 1 N–H and O–H groups in total. The molecule has 0 unspecified atom stereocenters. The highest BCUT2D eigenvalue weighted by Gasteiger charge is 2.31. The number of fused-ring (bicyclic) bond motifs is 1. The number of ether oxygens (including phenoxy) is 1. The number of hydrogen-bond acceptors (Lipinski definition) is 6. The molecule has 1 atom stereocenters.